The van der Waals surface area contributed by atoms with Gasteiger partial charge in [-0.2, -0.15) is 0 Å². The molecule has 1 heterocycles. The molecule has 0 aliphatic heterocycles. The minimum atomic E-state index is -0.482. The highest BCUT2D eigenvalue weighted by molar-refractivity contribution is 5.81. The number of aromatic nitrogens is 1. The smallest absolute Gasteiger partial charge is 0.237 e. The number of methoxy groups -OCH3 is 1. The number of carbonyl (C=O) groups is 1. The van der Waals surface area contributed by atoms with Gasteiger partial charge in [-0.3, -0.25) is 9.78 Å². The van der Waals surface area contributed by atoms with Crippen molar-refractivity contribution in [2.24, 2.45) is 5.73 Å². The molecule has 0 aliphatic carbocycles. The maximum Gasteiger partial charge on any atom is 0.237 e. The van der Waals surface area contributed by atoms with E-state index in [2.05, 4.69) is 10.3 Å². The van der Waals surface area contributed by atoms with Crippen molar-refractivity contribution >= 4 is 5.91 Å². The quantitative estimate of drug-likeness (QED) is 0.709. The zero-order valence-electron chi connectivity index (χ0n) is 10.9. The van der Waals surface area contributed by atoms with Crippen LogP contribution in [0.25, 0.3) is 0 Å². The summed E-state index contributed by atoms with van der Waals surface area (Å²) in [6.07, 6.45) is 4.82. The normalized spacial score (nSPS) is 13.9. The fourth-order valence-electron chi connectivity index (χ4n) is 1.63. The van der Waals surface area contributed by atoms with Crippen LogP contribution in [0.2, 0.25) is 0 Å². The Morgan fingerprint density at radius 1 is 1.50 bits per heavy atom. The lowest BCUT2D eigenvalue weighted by molar-refractivity contribution is -0.123. The van der Waals surface area contributed by atoms with Gasteiger partial charge in [0.05, 0.1) is 12.1 Å². The van der Waals surface area contributed by atoms with Gasteiger partial charge in [-0.15, -0.1) is 0 Å². The lowest BCUT2D eigenvalue weighted by Gasteiger charge is -2.17. The lowest BCUT2D eigenvalue weighted by atomic mass is 10.1. The zero-order chi connectivity index (χ0) is 13.4. The molecule has 0 aliphatic rings. The van der Waals surface area contributed by atoms with Gasteiger partial charge in [-0.1, -0.05) is 0 Å². The molecular formula is C13H21N3O2. The van der Waals surface area contributed by atoms with Crippen LogP contribution in [0.5, 0.6) is 0 Å². The Labute approximate surface area is 108 Å². The third-order valence-corrected chi connectivity index (χ3v) is 2.77. The lowest BCUT2D eigenvalue weighted by Crippen LogP contribution is -2.41. The Hall–Kier alpha value is -1.46. The number of ether oxygens (including phenoxy) is 1. The van der Waals surface area contributed by atoms with E-state index in [0.29, 0.717) is 13.0 Å². The minimum absolute atomic E-state index is 0.0611. The van der Waals surface area contributed by atoms with Crippen LogP contribution in [-0.2, 0) is 9.53 Å². The molecule has 0 bridgehead atoms. The molecule has 0 saturated heterocycles. The van der Waals surface area contributed by atoms with Gasteiger partial charge < -0.3 is 15.8 Å². The van der Waals surface area contributed by atoms with Gasteiger partial charge in [0.2, 0.25) is 5.91 Å². The second-order valence-electron chi connectivity index (χ2n) is 4.25. The molecule has 5 nitrogen and oxygen atoms in total. The molecule has 1 amide bonds. The summed E-state index contributed by atoms with van der Waals surface area (Å²) in [4.78, 5) is 15.8. The molecule has 3 N–H and O–H groups in total. The number of rotatable bonds is 7. The van der Waals surface area contributed by atoms with E-state index in [1.165, 1.54) is 0 Å². The van der Waals surface area contributed by atoms with Crippen molar-refractivity contribution in [1.29, 1.82) is 0 Å². The molecule has 0 saturated carbocycles. The van der Waals surface area contributed by atoms with Crippen LogP contribution in [0.15, 0.2) is 24.5 Å². The number of hydrogen-bond acceptors (Lipinski definition) is 4. The van der Waals surface area contributed by atoms with Crippen LogP contribution >= 0.6 is 0 Å². The summed E-state index contributed by atoms with van der Waals surface area (Å²) in [5.41, 5.74) is 6.82. The maximum atomic E-state index is 11.8. The first kappa shape index (κ1) is 14.6. The molecule has 100 valence electrons. The topological polar surface area (TPSA) is 77.2 Å². The van der Waals surface area contributed by atoms with Crippen LogP contribution in [0.4, 0.5) is 0 Å². The number of nitrogens with one attached hydrogen (secondary N) is 1. The van der Waals surface area contributed by atoms with E-state index in [-0.39, 0.29) is 11.9 Å². The Kier molecular flexibility index (Phi) is 6.32. The summed E-state index contributed by atoms with van der Waals surface area (Å²) >= 11 is 0. The van der Waals surface area contributed by atoms with Crippen molar-refractivity contribution in [2.75, 3.05) is 13.7 Å². The highest BCUT2D eigenvalue weighted by atomic mass is 16.5. The highest BCUT2D eigenvalue weighted by Gasteiger charge is 2.16. The van der Waals surface area contributed by atoms with Crippen LogP contribution in [0.1, 0.15) is 31.4 Å². The van der Waals surface area contributed by atoms with E-state index in [1.54, 1.807) is 19.5 Å². The third kappa shape index (κ3) is 4.81. The fraction of sp³-hybridized carbons (Fsp3) is 0.538. The molecule has 5 heteroatoms. The summed E-state index contributed by atoms with van der Waals surface area (Å²) in [6, 6.07) is 3.21. The van der Waals surface area contributed by atoms with Crippen LogP contribution in [0, 0.1) is 0 Å². The summed E-state index contributed by atoms with van der Waals surface area (Å²) < 4.78 is 4.93. The molecule has 18 heavy (non-hydrogen) atoms. The van der Waals surface area contributed by atoms with Gasteiger partial charge in [0.1, 0.15) is 0 Å². The molecule has 0 spiro atoms. The molecule has 1 rings (SSSR count). The van der Waals surface area contributed by atoms with E-state index < -0.39 is 6.04 Å². The second kappa shape index (κ2) is 7.79. The Morgan fingerprint density at radius 2 is 2.17 bits per heavy atom. The summed E-state index contributed by atoms with van der Waals surface area (Å²) in [5.74, 6) is -0.129. The SMILES string of the molecule is COCCCC(N)C(=O)NC(C)c1ccncc1. The first-order valence-electron chi connectivity index (χ1n) is 6.10. The second-order valence-corrected chi connectivity index (χ2v) is 4.25. The van der Waals surface area contributed by atoms with Crippen LogP contribution < -0.4 is 11.1 Å². The van der Waals surface area contributed by atoms with Gasteiger partial charge in [0.15, 0.2) is 0 Å². The predicted octanol–water partition coefficient (Wildman–Crippen LogP) is 1.01. The number of amides is 1. The third-order valence-electron chi connectivity index (χ3n) is 2.77. The predicted molar refractivity (Wildman–Crippen MR) is 69.9 cm³/mol. The monoisotopic (exact) mass is 251 g/mol. The molecule has 0 fully saturated rings. The number of nitrogens with two attached hydrogens (primary N) is 1. The average Bonchev–Trinajstić information content (AvgIpc) is 2.39. The van der Waals surface area contributed by atoms with Gasteiger partial charge in [0, 0.05) is 26.1 Å². The first-order chi connectivity index (χ1) is 8.65. The standard InChI is InChI=1S/C13H21N3O2/c1-10(11-5-7-15-8-6-11)16-13(17)12(14)4-3-9-18-2/h5-8,10,12H,3-4,9,14H2,1-2H3,(H,16,17). The molecule has 1 aromatic rings. The van der Waals surface area contributed by atoms with Crippen molar-refractivity contribution in [1.82, 2.24) is 10.3 Å². The number of carbonyl (C=O) groups excluding carboxylic acids is 1. The number of pyridine rings is 1. The molecule has 2 atom stereocenters. The van der Waals surface area contributed by atoms with Crippen molar-refractivity contribution < 1.29 is 9.53 Å². The van der Waals surface area contributed by atoms with Crippen molar-refractivity contribution in [3.63, 3.8) is 0 Å². The van der Waals surface area contributed by atoms with Gasteiger partial charge in [-0.05, 0) is 37.5 Å². The number of hydrogen-bond donors (Lipinski definition) is 2. The van der Waals surface area contributed by atoms with Gasteiger partial charge >= 0.3 is 0 Å². The van der Waals surface area contributed by atoms with Crippen molar-refractivity contribution in [3.8, 4) is 0 Å². The number of nitrogens with zero attached hydrogens (tertiary/aromatic N) is 1. The minimum Gasteiger partial charge on any atom is -0.385 e. The average molecular weight is 251 g/mol. The fourth-order valence-corrected chi connectivity index (χ4v) is 1.63. The Morgan fingerprint density at radius 3 is 2.78 bits per heavy atom. The largest absolute Gasteiger partial charge is 0.385 e. The highest BCUT2D eigenvalue weighted by Crippen LogP contribution is 2.10. The zero-order valence-corrected chi connectivity index (χ0v) is 10.9. The van der Waals surface area contributed by atoms with Crippen LogP contribution in [-0.4, -0.2) is 30.6 Å². The molecule has 2 unspecified atom stereocenters. The summed E-state index contributed by atoms with van der Waals surface area (Å²) in [5, 5.41) is 2.89. The van der Waals surface area contributed by atoms with Gasteiger partial charge in [-0.25, -0.2) is 0 Å². The summed E-state index contributed by atoms with van der Waals surface area (Å²) in [7, 11) is 1.64. The van der Waals surface area contributed by atoms with E-state index in [9.17, 15) is 4.79 Å². The van der Waals surface area contributed by atoms with Crippen molar-refractivity contribution in [3.05, 3.63) is 30.1 Å². The molecular weight excluding hydrogens is 230 g/mol. The van der Waals surface area contributed by atoms with Crippen LogP contribution in [0.3, 0.4) is 0 Å². The maximum absolute atomic E-state index is 11.8. The van der Waals surface area contributed by atoms with Crippen molar-refractivity contribution in [2.45, 2.75) is 31.8 Å². The molecule has 0 aromatic carbocycles. The first-order valence-corrected chi connectivity index (χ1v) is 6.10. The van der Waals surface area contributed by atoms with E-state index in [0.717, 1.165) is 12.0 Å². The molecule has 0 radical (unpaired) electrons. The van der Waals surface area contributed by atoms with E-state index in [1.807, 2.05) is 19.1 Å². The van der Waals surface area contributed by atoms with Gasteiger partial charge in [0.25, 0.3) is 0 Å². The van der Waals surface area contributed by atoms with E-state index in [4.69, 9.17) is 10.5 Å². The Bertz CT molecular complexity index is 357. The summed E-state index contributed by atoms with van der Waals surface area (Å²) in [6.45, 7) is 2.55. The van der Waals surface area contributed by atoms with E-state index >= 15 is 0 Å². The Balaban J connectivity index is 2.39. The molecule has 1 aromatic heterocycles.